The molecule has 0 aromatic carbocycles. The molecule has 0 amide bonds. The Morgan fingerprint density at radius 2 is 2.07 bits per heavy atom. The predicted molar refractivity (Wildman–Crippen MR) is 120 cm³/mol. The second-order valence-corrected chi connectivity index (χ2v) is 8.67. The maximum atomic E-state index is 11.8. The molecule has 2 atom stereocenters. The molecule has 2 fully saturated rings. The largest absolute Gasteiger partial charge is 0.469 e. The van der Waals surface area contributed by atoms with Gasteiger partial charge in [0.15, 0.2) is 5.11 Å². The van der Waals surface area contributed by atoms with Gasteiger partial charge in [0.1, 0.15) is 0 Å². The van der Waals surface area contributed by atoms with Crippen LogP contribution in [-0.2, 0) is 9.53 Å². The van der Waals surface area contributed by atoms with Gasteiger partial charge in [0.05, 0.1) is 31.3 Å². The van der Waals surface area contributed by atoms with E-state index in [0.717, 1.165) is 5.69 Å². The summed E-state index contributed by atoms with van der Waals surface area (Å²) in [6, 6.07) is 8.77. The second-order valence-electron chi connectivity index (χ2n) is 8.28. The lowest BCUT2D eigenvalue weighted by molar-refractivity contribution is -0.140. The summed E-state index contributed by atoms with van der Waals surface area (Å²) in [5.41, 5.74) is 4.79. The van der Waals surface area contributed by atoms with Crippen LogP contribution in [0.1, 0.15) is 72.9 Å². The summed E-state index contributed by atoms with van der Waals surface area (Å²) in [7, 11) is 1.42. The minimum absolute atomic E-state index is 0.0154. The van der Waals surface area contributed by atoms with Crippen molar-refractivity contribution >= 4 is 23.3 Å². The van der Waals surface area contributed by atoms with E-state index in [1.165, 1.54) is 49.7 Å². The number of hydrogen-bond donors (Lipinski definition) is 1. The van der Waals surface area contributed by atoms with Gasteiger partial charge in [-0.15, -0.1) is 0 Å². The highest BCUT2D eigenvalue weighted by molar-refractivity contribution is 7.80. The first kappa shape index (κ1) is 20.8. The van der Waals surface area contributed by atoms with Gasteiger partial charge in [0.25, 0.3) is 0 Å². The molecular weight excluding hydrogens is 396 g/mol. The number of nitrogens with one attached hydrogen (secondary N) is 1. The molecule has 2 aromatic rings. The van der Waals surface area contributed by atoms with E-state index in [-0.39, 0.29) is 18.1 Å². The molecule has 3 heterocycles. The SMILES string of the molecule is COC(=O)CCN1C(=S)N[C@@H](c2ccccn2)[C@@H]1c1cc(C)n(C2CCCC2)c1C. The Kier molecular flexibility index (Phi) is 6.09. The molecule has 30 heavy (non-hydrogen) atoms. The van der Waals surface area contributed by atoms with Crippen LogP contribution >= 0.6 is 12.2 Å². The standard InChI is InChI=1S/C23H30N4O2S/c1-15-14-18(16(2)27(15)17-8-4-5-9-17)22-21(19-10-6-7-12-24-19)25-23(30)26(22)13-11-20(28)29-3/h6-7,10,12,14,17,21-22H,4-5,8-9,11,13H2,1-3H3,(H,25,30)/t21-,22-/m0/s1. The van der Waals surface area contributed by atoms with E-state index < -0.39 is 0 Å². The summed E-state index contributed by atoms with van der Waals surface area (Å²) in [5, 5.41) is 4.13. The first-order valence-electron chi connectivity index (χ1n) is 10.7. The Morgan fingerprint density at radius 3 is 2.73 bits per heavy atom. The van der Waals surface area contributed by atoms with Gasteiger partial charge < -0.3 is 19.5 Å². The minimum Gasteiger partial charge on any atom is -0.469 e. The van der Waals surface area contributed by atoms with Crippen LogP contribution in [0.2, 0.25) is 0 Å². The summed E-state index contributed by atoms with van der Waals surface area (Å²) in [6.45, 7) is 4.93. The predicted octanol–water partition coefficient (Wildman–Crippen LogP) is 4.15. The Labute approximate surface area is 183 Å². The number of pyridine rings is 1. The normalized spacial score (nSPS) is 21.8. The van der Waals surface area contributed by atoms with Gasteiger partial charge in [-0.3, -0.25) is 9.78 Å². The highest BCUT2D eigenvalue weighted by Gasteiger charge is 2.41. The molecule has 2 aliphatic rings. The maximum Gasteiger partial charge on any atom is 0.307 e. The van der Waals surface area contributed by atoms with Crippen LogP contribution < -0.4 is 5.32 Å². The van der Waals surface area contributed by atoms with Crippen molar-refractivity contribution in [1.29, 1.82) is 0 Å². The van der Waals surface area contributed by atoms with Crippen LogP contribution in [0.25, 0.3) is 0 Å². The van der Waals surface area contributed by atoms with Gasteiger partial charge in [-0.05, 0) is 62.7 Å². The Bertz CT molecular complexity index is 921. The topological polar surface area (TPSA) is 59.4 Å². The summed E-state index contributed by atoms with van der Waals surface area (Å²) >= 11 is 5.70. The van der Waals surface area contributed by atoms with Crippen LogP contribution in [0, 0.1) is 13.8 Å². The Morgan fingerprint density at radius 1 is 1.30 bits per heavy atom. The molecule has 1 saturated heterocycles. The zero-order chi connectivity index (χ0) is 21.3. The molecular formula is C23H30N4O2S. The number of hydrogen-bond acceptors (Lipinski definition) is 4. The number of methoxy groups -OCH3 is 1. The average Bonchev–Trinajstić information content (AvgIpc) is 3.45. The monoisotopic (exact) mass is 426 g/mol. The van der Waals surface area contributed by atoms with Gasteiger partial charge in [-0.1, -0.05) is 18.9 Å². The summed E-state index contributed by atoms with van der Waals surface area (Å²) < 4.78 is 7.38. The fourth-order valence-electron chi connectivity index (χ4n) is 5.12. The van der Waals surface area contributed by atoms with Gasteiger partial charge in [0, 0.05) is 30.2 Å². The summed E-state index contributed by atoms with van der Waals surface area (Å²) in [6.07, 6.45) is 7.20. The number of ether oxygens (including phenoxy) is 1. The minimum atomic E-state index is -0.228. The van der Waals surface area contributed by atoms with Crippen molar-refractivity contribution in [3.05, 3.63) is 53.1 Å². The van der Waals surface area contributed by atoms with Crippen LogP contribution in [0.4, 0.5) is 0 Å². The number of carbonyl (C=O) groups excluding carboxylic acids is 1. The van der Waals surface area contributed by atoms with Crippen molar-refractivity contribution in [2.45, 2.75) is 64.1 Å². The number of esters is 1. The molecule has 0 bridgehead atoms. The number of aryl methyl sites for hydroxylation is 1. The number of aromatic nitrogens is 2. The zero-order valence-electron chi connectivity index (χ0n) is 17.9. The number of thiocarbonyl (C=S) groups is 1. The molecule has 2 aromatic heterocycles. The van der Waals surface area contributed by atoms with Crippen LogP contribution in [0.15, 0.2) is 30.5 Å². The Balaban J connectivity index is 1.74. The van der Waals surface area contributed by atoms with Crippen molar-refractivity contribution in [1.82, 2.24) is 19.8 Å². The number of nitrogens with zero attached hydrogens (tertiary/aromatic N) is 3. The lowest BCUT2D eigenvalue weighted by Gasteiger charge is -2.28. The molecule has 7 heteroatoms. The number of rotatable bonds is 6. The first-order valence-corrected chi connectivity index (χ1v) is 11.1. The van der Waals surface area contributed by atoms with E-state index in [1.54, 1.807) is 0 Å². The lowest BCUT2D eigenvalue weighted by Crippen LogP contribution is -2.32. The molecule has 160 valence electrons. The van der Waals surface area contributed by atoms with Crippen LogP contribution in [0.3, 0.4) is 0 Å². The fraction of sp³-hybridized carbons (Fsp3) is 0.522. The highest BCUT2D eigenvalue weighted by Crippen LogP contribution is 2.42. The van der Waals surface area contributed by atoms with E-state index in [9.17, 15) is 4.79 Å². The molecule has 4 rings (SSSR count). The smallest absolute Gasteiger partial charge is 0.307 e. The molecule has 0 spiro atoms. The van der Waals surface area contributed by atoms with Gasteiger partial charge in [-0.25, -0.2) is 0 Å². The summed E-state index contributed by atoms with van der Waals surface area (Å²) in [5.74, 6) is -0.228. The van der Waals surface area contributed by atoms with E-state index in [1.807, 2.05) is 24.4 Å². The Hall–Kier alpha value is -2.41. The molecule has 1 aliphatic carbocycles. The number of carbonyl (C=O) groups is 1. The first-order chi connectivity index (χ1) is 14.5. The second kappa shape index (κ2) is 8.76. The van der Waals surface area contributed by atoms with E-state index in [2.05, 4.69) is 39.7 Å². The third kappa shape index (κ3) is 3.83. The zero-order valence-corrected chi connectivity index (χ0v) is 18.7. The molecule has 0 radical (unpaired) electrons. The quantitative estimate of drug-likeness (QED) is 0.553. The third-order valence-electron chi connectivity index (χ3n) is 6.51. The van der Waals surface area contributed by atoms with E-state index >= 15 is 0 Å². The van der Waals surface area contributed by atoms with Crippen molar-refractivity contribution in [2.75, 3.05) is 13.7 Å². The molecule has 0 unspecified atom stereocenters. The van der Waals surface area contributed by atoms with Gasteiger partial charge in [0.2, 0.25) is 0 Å². The van der Waals surface area contributed by atoms with Gasteiger partial charge in [-0.2, -0.15) is 0 Å². The lowest BCUT2D eigenvalue weighted by atomic mass is 9.96. The van der Waals surface area contributed by atoms with E-state index in [4.69, 9.17) is 17.0 Å². The highest BCUT2D eigenvalue weighted by atomic mass is 32.1. The fourth-order valence-corrected chi connectivity index (χ4v) is 5.46. The average molecular weight is 427 g/mol. The van der Waals surface area contributed by atoms with Crippen molar-refractivity contribution in [3.8, 4) is 0 Å². The molecule has 1 saturated carbocycles. The molecule has 1 N–H and O–H groups in total. The van der Waals surface area contributed by atoms with Crippen molar-refractivity contribution in [3.63, 3.8) is 0 Å². The van der Waals surface area contributed by atoms with Crippen molar-refractivity contribution in [2.24, 2.45) is 0 Å². The third-order valence-corrected chi connectivity index (χ3v) is 6.87. The van der Waals surface area contributed by atoms with Crippen LogP contribution in [0.5, 0.6) is 0 Å². The maximum absolute atomic E-state index is 11.8. The summed E-state index contributed by atoms with van der Waals surface area (Å²) in [4.78, 5) is 18.6. The molecule has 6 nitrogen and oxygen atoms in total. The van der Waals surface area contributed by atoms with Crippen LogP contribution in [-0.4, -0.2) is 39.2 Å². The van der Waals surface area contributed by atoms with E-state index in [0.29, 0.717) is 24.1 Å². The van der Waals surface area contributed by atoms with Crippen molar-refractivity contribution < 1.29 is 9.53 Å². The van der Waals surface area contributed by atoms with Gasteiger partial charge >= 0.3 is 5.97 Å². The molecule has 1 aliphatic heterocycles.